The van der Waals surface area contributed by atoms with Gasteiger partial charge in [0.05, 0.1) is 6.61 Å². The van der Waals surface area contributed by atoms with Crippen LogP contribution in [0, 0.1) is 14.0 Å². The predicted octanol–water partition coefficient (Wildman–Crippen LogP) is 2.18. The SMILES string of the molecule is [CH]OCc1ccc(C)cc1. The first-order chi connectivity index (χ1) is 4.83. The Morgan fingerprint density at radius 1 is 1.30 bits per heavy atom. The van der Waals surface area contributed by atoms with Crippen LogP contribution in [0.3, 0.4) is 0 Å². The molecule has 2 radical (unpaired) electrons. The van der Waals surface area contributed by atoms with Crippen LogP contribution in [-0.4, -0.2) is 0 Å². The van der Waals surface area contributed by atoms with Crippen molar-refractivity contribution in [3.63, 3.8) is 0 Å². The van der Waals surface area contributed by atoms with E-state index in [1.54, 1.807) is 0 Å². The third-order valence-electron chi connectivity index (χ3n) is 1.37. The van der Waals surface area contributed by atoms with Gasteiger partial charge in [0.25, 0.3) is 0 Å². The second kappa shape index (κ2) is 3.37. The average Bonchev–Trinajstić information content (AvgIpc) is 1.95. The number of benzene rings is 1. The molecule has 1 nitrogen and oxygen atoms in total. The maximum absolute atomic E-state index is 4.90. The van der Waals surface area contributed by atoms with Gasteiger partial charge in [0, 0.05) is 0 Å². The van der Waals surface area contributed by atoms with Gasteiger partial charge in [0.1, 0.15) is 7.11 Å². The summed E-state index contributed by atoms with van der Waals surface area (Å²) in [7, 11) is 4.90. The Morgan fingerprint density at radius 3 is 2.40 bits per heavy atom. The van der Waals surface area contributed by atoms with E-state index in [0.717, 1.165) is 5.56 Å². The standard InChI is InChI=1S/C9H10O/c1-8-3-5-9(6-4-8)7-10-2/h2-6H,7H2,1H3. The summed E-state index contributed by atoms with van der Waals surface area (Å²) in [6, 6.07) is 8.08. The van der Waals surface area contributed by atoms with Gasteiger partial charge in [-0.05, 0) is 12.5 Å². The summed E-state index contributed by atoms with van der Waals surface area (Å²) in [5.74, 6) is 0. The fraction of sp³-hybridized carbons (Fsp3) is 0.222. The fourth-order valence-corrected chi connectivity index (χ4v) is 0.781. The lowest BCUT2D eigenvalue weighted by Crippen LogP contribution is -1.84. The molecule has 0 aliphatic rings. The number of aryl methyl sites for hydroxylation is 1. The van der Waals surface area contributed by atoms with Gasteiger partial charge >= 0.3 is 0 Å². The minimum atomic E-state index is 0.486. The summed E-state index contributed by atoms with van der Waals surface area (Å²) < 4.78 is 4.47. The van der Waals surface area contributed by atoms with Crippen LogP contribution in [-0.2, 0) is 11.3 Å². The van der Waals surface area contributed by atoms with E-state index in [4.69, 9.17) is 7.11 Å². The molecule has 0 spiro atoms. The van der Waals surface area contributed by atoms with Crippen molar-refractivity contribution < 1.29 is 4.74 Å². The second-order valence-corrected chi connectivity index (χ2v) is 2.30. The highest BCUT2D eigenvalue weighted by molar-refractivity contribution is 5.20. The molecular formula is C9H10O. The highest BCUT2D eigenvalue weighted by Gasteiger charge is 1.88. The molecule has 10 heavy (non-hydrogen) atoms. The minimum absolute atomic E-state index is 0.486. The molecule has 0 unspecified atom stereocenters. The molecular weight excluding hydrogens is 124 g/mol. The Morgan fingerprint density at radius 2 is 1.90 bits per heavy atom. The van der Waals surface area contributed by atoms with E-state index >= 15 is 0 Å². The van der Waals surface area contributed by atoms with E-state index in [-0.39, 0.29) is 0 Å². The van der Waals surface area contributed by atoms with E-state index in [9.17, 15) is 0 Å². The summed E-state index contributed by atoms with van der Waals surface area (Å²) in [4.78, 5) is 0. The van der Waals surface area contributed by atoms with E-state index < -0.39 is 0 Å². The molecule has 0 fully saturated rings. The van der Waals surface area contributed by atoms with Crippen LogP contribution in [0.4, 0.5) is 0 Å². The summed E-state index contributed by atoms with van der Waals surface area (Å²) in [5, 5.41) is 0. The van der Waals surface area contributed by atoms with Crippen molar-refractivity contribution in [2.24, 2.45) is 0 Å². The van der Waals surface area contributed by atoms with Gasteiger partial charge in [-0.3, -0.25) is 0 Å². The summed E-state index contributed by atoms with van der Waals surface area (Å²) in [5.41, 5.74) is 2.36. The molecule has 0 atom stereocenters. The molecule has 0 aliphatic heterocycles. The van der Waals surface area contributed by atoms with Crippen LogP contribution in [0.15, 0.2) is 24.3 Å². The van der Waals surface area contributed by atoms with Crippen LogP contribution < -0.4 is 0 Å². The second-order valence-electron chi connectivity index (χ2n) is 2.30. The van der Waals surface area contributed by atoms with Crippen molar-refractivity contribution in [2.45, 2.75) is 13.5 Å². The van der Waals surface area contributed by atoms with E-state index in [2.05, 4.69) is 4.74 Å². The van der Waals surface area contributed by atoms with Gasteiger partial charge in [-0.25, -0.2) is 0 Å². The Kier molecular flexibility index (Phi) is 2.46. The van der Waals surface area contributed by atoms with E-state index in [1.807, 2.05) is 31.2 Å². The van der Waals surface area contributed by atoms with Gasteiger partial charge in [0.15, 0.2) is 0 Å². The zero-order valence-corrected chi connectivity index (χ0v) is 6.00. The predicted molar refractivity (Wildman–Crippen MR) is 40.3 cm³/mol. The van der Waals surface area contributed by atoms with Crippen molar-refractivity contribution in [3.8, 4) is 0 Å². The van der Waals surface area contributed by atoms with Crippen LogP contribution in [0.5, 0.6) is 0 Å². The largest absolute Gasteiger partial charge is 0.368 e. The first-order valence-electron chi connectivity index (χ1n) is 3.20. The first kappa shape index (κ1) is 7.29. The molecule has 1 rings (SSSR count). The molecule has 1 aromatic rings. The van der Waals surface area contributed by atoms with Gasteiger partial charge in [0.2, 0.25) is 0 Å². The Balaban J connectivity index is 2.69. The summed E-state index contributed by atoms with van der Waals surface area (Å²) in [6.07, 6.45) is 0. The maximum Gasteiger partial charge on any atom is 0.116 e. The molecule has 0 amide bonds. The molecule has 0 N–H and O–H groups in total. The molecule has 0 aliphatic carbocycles. The zero-order chi connectivity index (χ0) is 7.40. The highest BCUT2D eigenvalue weighted by Crippen LogP contribution is 2.03. The van der Waals surface area contributed by atoms with Gasteiger partial charge in [-0.15, -0.1) is 0 Å². The topological polar surface area (TPSA) is 9.23 Å². The normalized spacial score (nSPS) is 9.80. The number of ether oxygens (including phenoxy) is 1. The van der Waals surface area contributed by atoms with Gasteiger partial charge < -0.3 is 4.74 Å². The van der Waals surface area contributed by atoms with Crippen LogP contribution >= 0.6 is 0 Å². The van der Waals surface area contributed by atoms with Crippen LogP contribution in [0.1, 0.15) is 11.1 Å². The third kappa shape index (κ3) is 1.85. The first-order valence-corrected chi connectivity index (χ1v) is 3.20. The monoisotopic (exact) mass is 134 g/mol. The number of hydrogen-bond donors (Lipinski definition) is 0. The quantitative estimate of drug-likeness (QED) is 0.602. The molecule has 0 bridgehead atoms. The van der Waals surface area contributed by atoms with Crippen molar-refractivity contribution >= 4 is 0 Å². The van der Waals surface area contributed by atoms with Crippen molar-refractivity contribution in [3.05, 3.63) is 42.5 Å². The zero-order valence-electron chi connectivity index (χ0n) is 6.00. The molecule has 1 heteroatoms. The molecule has 52 valence electrons. The fourth-order valence-electron chi connectivity index (χ4n) is 0.781. The van der Waals surface area contributed by atoms with Gasteiger partial charge in [-0.2, -0.15) is 0 Å². The lowest BCUT2D eigenvalue weighted by Gasteiger charge is -1.97. The summed E-state index contributed by atoms with van der Waals surface area (Å²) >= 11 is 0. The lowest BCUT2D eigenvalue weighted by atomic mass is 10.2. The molecule has 1 aromatic carbocycles. The Bertz CT molecular complexity index is 188. The van der Waals surface area contributed by atoms with Crippen molar-refractivity contribution in [1.29, 1.82) is 0 Å². The Labute approximate surface area is 61.6 Å². The molecule has 0 saturated heterocycles. The minimum Gasteiger partial charge on any atom is -0.368 e. The average molecular weight is 134 g/mol. The highest BCUT2D eigenvalue weighted by atomic mass is 16.5. The molecule has 0 heterocycles. The number of hydrogen-bond acceptors (Lipinski definition) is 1. The van der Waals surface area contributed by atoms with Crippen molar-refractivity contribution in [2.75, 3.05) is 0 Å². The Hall–Kier alpha value is -0.820. The van der Waals surface area contributed by atoms with Crippen LogP contribution in [0.2, 0.25) is 0 Å². The van der Waals surface area contributed by atoms with Crippen LogP contribution in [0.25, 0.3) is 0 Å². The van der Waals surface area contributed by atoms with Crippen molar-refractivity contribution in [1.82, 2.24) is 0 Å². The smallest absolute Gasteiger partial charge is 0.116 e. The summed E-state index contributed by atoms with van der Waals surface area (Å²) in [6.45, 7) is 2.54. The third-order valence-corrected chi connectivity index (χ3v) is 1.37. The molecule has 0 aromatic heterocycles. The molecule has 0 saturated carbocycles. The lowest BCUT2D eigenvalue weighted by molar-refractivity contribution is 0.229. The number of rotatable bonds is 2. The van der Waals surface area contributed by atoms with E-state index in [0.29, 0.717) is 6.61 Å². The van der Waals surface area contributed by atoms with Gasteiger partial charge in [-0.1, -0.05) is 29.8 Å². The van der Waals surface area contributed by atoms with E-state index in [1.165, 1.54) is 5.56 Å². The maximum atomic E-state index is 4.90.